The summed E-state index contributed by atoms with van der Waals surface area (Å²) in [7, 11) is -3.87. The summed E-state index contributed by atoms with van der Waals surface area (Å²) < 4.78 is 28.0. The van der Waals surface area contributed by atoms with Crippen molar-refractivity contribution in [2.75, 3.05) is 0 Å². The zero-order chi connectivity index (χ0) is 21.1. The molecule has 152 valence electrons. The number of aromatic nitrogens is 2. The van der Waals surface area contributed by atoms with Gasteiger partial charge in [-0.3, -0.25) is 4.79 Å². The molecule has 0 amide bonds. The van der Waals surface area contributed by atoms with Crippen LogP contribution in [0.2, 0.25) is 5.02 Å². The molecule has 0 saturated carbocycles. The van der Waals surface area contributed by atoms with Crippen LogP contribution in [0.25, 0.3) is 10.9 Å². The second-order valence-corrected chi connectivity index (χ2v) is 9.12. The van der Waals surface area contributed by atoms with Gasteiger partial charge < -0.3 is 4.98 Å². The quantitative estimate of drug-likeness (QED) is 0.492. The molecule has 6 nitrogen and oxygen atoms in total. The number of para-hydroxylation sites is 1. The van der Waals surface area contributed by atoms with E-state index < -0.39 is 10.0 Å². The summed E-state index contributed by atoms with van der Waals surface area (Å²) >= 11 is 5.92. The summed E-state index contributed by atoms with van der Waals surface area (Å²) in [5.41, 5.74) is 1.03. The zero-order valence-electron chi connectivity index (χ0n) is 15.8. The van der Waals surface area contributed by atoms with Crippen molar-refractivity contribution in [2.45, 2.75) is 18.0 Å². The molecular weight excluding hydrogens is 422 g/mol. The Kier molecular flexibility index (Phi) is 5.67. The normalized spacial score (nSPS) is 11.8. The van der Waals surface area contributed by atoms with Crippen molar-refractivity contribution in [3.05, 3.63) is 106 Å². The van der Waals surface area contributed by atoms with Crippen molar-refractivity contribution in [3.63, 3.8) is 0 Å². The van der Waals surface area contributed by atoms with E-state index in [1.54, 1.807) is 24.3 Å². The second-order valence-electron chi connectivity index (χ2n) is 6.74. The van der Waals surface area contributed by atoms with Gasteiger partial charge in [0.25, 0.3) is 5.56 Å². The summed E-state index contributed by atoms with van der Waals surface area (Å²) in [6.45, 7) is 0.0439. The summed E-state index contributed by atoms with van der Waals surface area (Å²) in [5.74, 6) is 0.271. The summed E-state index contributed by atoms with van der Waals surface area (Å²) in [6.07, 6.45) is 0. The Labute approximate surface area is 178 Å². The average Bonchev–Trinajstić information content (AvgIpc) is 2.74. The topological polar surface area (TPSA) is 83.1 Å². The molecule has 0 unspecified atom stereocenters. The van der Waals surface area contributed by atoms with E-state index in [0.29, 0.717) is 15.9 Å². The lowest BCUT2D eigenvalue weighted by molar-refractivity contribution is 0.392. The number of rotatable bonds is 6. The van der Waals surface area contributed by atoms with Gasteiger partial charge in [-0.2, -0.15) is 4.31 Å². The van der Waals surface area contributed by atoms with Crippen molar-refractivity contribution in [1.82, 2.24) is 14.3 Å². The molecule has 30 heavy (non-hydrogen) atoms. The maximum absolute atomic E-state index is 13.4. The van der Waals surface area contributed by atoms with Crippen LogP contribution in [-0.4, -0.2) is 22.7 Å². The van der Waals surface area contributed by atoms with Gasteiger partial charge in [0.05, 0.1) is 22.3 Å². The highest BCUT2D eigenvalue weighted by Crippen LogP contribution is 2.22. The van der Waals surface area contributed by atoms with Crippen molar-refractivity contribution in [1.29, 1.82) is 0 Å². The van der Waals surface area contributed by atoms with Crippen LogP contribution >= 0.6 is 11.6 Å². The highest BCUT2D eigenvalue weighted by Gasteiger charge is 2.26. The lowest BCUT2D eigenvalue weighted by Gasteiger charge is -2.22. The first-order valence-corrected chi connectivity index (χ1v) is 11.0. The molecule has 3 aromatic carbocycles. The summed E-state index contributed by atoms with van der Waals surface area (Å²) in [5, 5.41) is 0.903. The minimum absolute atomic E-state index is 0.0834. The highest BCUT2D eigenvalue weighted by atomic mass is 35.5. The van der Waals surface area contributed by atoms with Crippen LogP contribution in [0, 0.1) is 0 Å². The zero-order valence-corrected chi connectivity index (χ0v) is 17.4. The van der Waals surface area contributed by atoms with Gasteiger partial charge in [-0.1, -0.05) is 54.1 Å². The maximum atomic E-state index is 13.4. The Morgan fingerprint density at radius 1 is 0.867 bits per heavy atom. The Morgan fingerprint density at radius 2 is 1.53 bits per heavy atom. The number of H-pyrrole nitrogens is 1. The predicted molar refractivity (Wildman–Crippen MR) is 117 cm³/mol. The van der Waals surface area contributed by atoms with Crippen molar-refractivity contribution in [2.24, 2.45) is 0 Å². The van der Waals surface area contributed by atoms with E-state index in [2.05, 4.69) is 9.97 Å². The van der Waals surface area contributed by atoms with E-state index in [1.807, 2.05) is 30.3 Å². The number of aromatic amines is 1. The molecule has 4 rings (SSSR count). The molecule has 0 spiro atoms. The lowest BCUT2D eigenvalue weighted by atomic mass is 10.2. The fourth-order valence-corrected chi connectivity index (χ4v) is 4.66. The number of hydrogen-bond acceptors (Lipinski definition) is 4. The Bertz CT molecular complexity index is 1340. The summed E-state index contributed by atoms with van der Waals surface area (Å²) in [4.78, 5) is 19.7. The Hall–Kier alpha value is -3.00. The van der Waals surface area contributed by atoms with E-state index in [4.69, 9.17) is 11.6 Å². The van der Waals surface area contributed by atoms with Crippen LogP contribution in [0.3, 0.4) is 0 Å². The molecule has 0 bridgehead atoms. The third-order valence-corrected chi connectivity index (χ3v) is 6.70. The third-order valence-electron chi connectivity index (χ3n) is 4.64. The molecule has 1 heterocycles. The first-order chi connectivity index (χ1) is 14.4. The molecule has 1 N–H and O–H groups in total. The van der Waals surface area contributed by atoms with E-state index in [1.165, 1.54) is 28.6 Å². The maximum Gasteiger partial charge on any atom is 0.258 e. The first-order valence-electron chi connectivity index (χ1n) is 9.21. The first kappa shape index (κ1) is 20.3. The number of fused-ring (bicyclic) bond motifs is 1. The average molecular weight is 440 g/mol. The smallest absolute Gasteiger partial charge is 0.258 e. The van der Waals surface area contributed by atoms with Gasteiger partial charge in [0, 0.05) is 11.6 Å². The van der Waals surface area contributed by atoms with Gasteiger partial charge in [0.15, 0.2) is 0 Å². The molecule has 4 aromatic rings. The molecule has 0 atom stereocenters. The standard InChI is InChI=1S/C22H18ClN3O3S/c23-17-10-12-18(13-11-17)30(28,29)26(14-16-6-2-1-3-7-16)15-21-24-20-9-5-4-8-19(20)22(27)25-21/h1-13H,14-15H2,(H,24,25,27). The fraction of sp³-hybridized carbons (Fsp3) is 0.0909. The van der Waals surface area contributed by atoms with E-state index in [0.717, 1.165) is 5.56 Å². The van der Waals surface area contributed by atoms with Gasteiger partial charge >= 0.3 is 0 Å². The van der Waals surface area contributed by atoms with Crippen LogP contribution in [0.5, 0.6) is 0 Å². The number of benzene rings is 3. The van der Waals surface area contributed by atoms with Gasteiger partial charge in [-0.25, -0.2) is 13.4 Å². The van der Waals surface area contributed by atoms with Crippen molar-refractivity contribution in [3.8, 4) is 0 Å². The molecule has 0 radical (unpaired) electrons. The van der Waals surface area contributed by atoms with Gasteiger partial charge in [-0.05, 0) is 42.0 Å². The van der Waals surface area contributed by atoms with E-state index >= 15 is 0 Å². The minimum atomic E-state index is -3.87. The molecule has 0 saturated heterocycles. The molecule has 0 fully saturated rings. The lowest BCUT2D eigenvalue weighted by Crippen LogP contribution is -2.31. The van der Waals surface area contributed by atoms with Crippen molar-refractivity contribution >= 4 is 32.5 Å². The molecule has 1 aromatic heterocycles. The van der Waals surface area contributed by atoms with E-state index in [9.17, 15) is 13.2 Å². The minimum Gasteiger partial charge on any atom is -0.309 e. The molecule has 8 heteroatoms. The largest absolute Gasteiger partial charge is 0.309 e. The Morgan fingerprint density at radius 3 is 2.27 bits per heavy atom. The summed E-state index contributed by atoms with van der Waals surface area (Å²) in [6, 6.07) is 22.2. The second kappa shape index (κ2) is 8.39. The van der Waals surface area contributed by atoms with Gasteiger partial charge in [-0.15, -0.1) is 0 Å². The third kappa shape index (κ3) is 4.28. The SMILES string of the molecule is O=c1[nH]c(CN(Cc2ccccc2)S(=O)(=O)c2ccc(Cl)cc2)nc2ccccc12. The molecular formula is C22H18ClN3O3S. The Balaban J connectivity index is 1.75. The molecule has 0 aliphatic heterocycles. The van der Waals surface area contributed by atoms with Gasteiger partial charge in [0.1, 0.15) is 5.82 Å². The highest BCUT2D eigenvalue weighted by molar-refractivity contribution is 7.89. The van der Waals surface area contributed by atoms with Crippen LogP contribution in [-0.2, 0) is 23.1 Å². The molecule has 0 aliphatic rings. The van der Waals surface area contributed by atoms with Crippen LogP contribution in [0.15, 0.2) is 88.6 Å². The number of sulfonamides is 1. The van der Waals surface area contributed by atoms with Crippen molar-refractivity contribution < 1.29 is 8.42 Å². The number of halogens is 1. The van der Waals surface area contributed by atoms with E-state index in [-0.39, 0.29) is 29.4 Å². The van der Waals surface area contributed by atoms with Crippen LogP contribution in [0.4, 0.5) is 0 Å². The fourth-order valence-electron chi connectivity index (χ4n) is 3.15. The van der Waals surface area contributed by atoms with Gasteiger partial charge in [0.2, 0.25) is 10.0 Å². The van der Waals surface area contributed by atoms with Crippen LogP contribution in [0.1, 0.15) is 11.4 Å². The van der Waals surface area contributed by atoms with Crippen LogP contribution < -0.4 is 5.56 Å². The monoisotopic (exact) mass is 439 g/mol. The number of hydrogen-bond donors (Lipinski definition) is 1. The number of nitrogens with zero attached hydrogens (tertiary/aromatic N) is 2. The molecule has 0 aliphatic carbocycles. The predicted octanol–water partition coefficient (Wildman–Crippen LogP) is 3.97. The number of nitrogens with one attached hydrogen (secondary N) is 1.